The van der Waals surface area contributed by atoms with Gasteiger partial charge in [0.05, 0.1) is 46.2 Å². The predicted molar refractivity (Wildman–Crippen MR) is 78.1 cm³/mol. The molecule has 0 aliphatic carbocycles. The molecule has 0 aromatic heterocycles. The molecule has 6 nitrogen and oxygen atoms in total. The Morgan fingerprint density at radius 1 is 0.650 bits per heavy atom. The summed E-state index contributed by atoms with van der Waals surface area (Å²) in [4.78, 5) is 2.13. The van der Waals surface area contributed by atoms with E-state index in [0.717, 1.165) is 26.3 Å². The van der Waals surface area contributed by atoms with E-state index in [2.05, 4.69) is 4.90 Å². The van der Waals surface area contributed by atoms with Gasteiger partial charge in [-0.15, -0.1) is 0 Å². The highest BCUT2D eigenvalue weighted by Crippen LogP contribution is 1.90. The van der Waals surface area contributed by atoms with E-state index in [-0.39, 0.29) is 6.61 Å². The molecule has 0 heterocycles. The minimum atomic E-state index is 0.151. The Balaban J connectivity index is 3.45. The van der Waals surface area contributed by atoms with Gasteiger partial charge in [0.25, 0.3) is 0 Å². The van der Waals surface area contributed by atoms with Crippen molar-refractivity contribution in [2.75, 3.05) is 79.1 Å². The van der Waals surface area contributed by atoms with E-state index in [1.54, 1.807) is 0 Å². The molecule has 1 N–H and O–H groups in total. The lowest BCUT2D eigenvalue weighted by atomic mass is 10.4. The maximum absolute atomic E-state index is 9.02. The third-order valence-corrected chi connectivity index (χ3v) is 2.67. The molecule has 6 heteroatoms. The van der Waals surface area contributed by atoms with Gasteiger partial charge in [-0.2, -0.15) is 0 Å². The number of nitrogens with zero attached hydrogens (tertiary/aromatic N) is 1. The van der Waals surface area contributed by atoms with Crippen LogP contribution in [0, 0.1) is 0 Å². The zero-order valence-corrected chi connectivity index (χ0v) is 13.0. The SMILES string of the molecule is CCOCCOCCN(CCO)CCOCCOCC. The second-order valence-electron chi connectivity index (χ2n) is 4.18. The van der Waals surface area contributed by atoms with E-state index in [1.807, 2.05) is 13.8 Å². The van der Waals surface area contributed by atoms with Gasteiger partial charge in [-0.1, -0.05) is 0 Å². The quantitative estimate of drug-likeness (QED) is 0.415. The summed E-state index contributed by atoms with van der Waals surface area (Å²) in [6.45, 7) is 11.6. The van der Waals surface area contributed by atoms with E-state index in [1.165, 1.54) is 0 Å². The Bertz CT molecular complexity index is 167. The monoisotopic (exact) mass is 293 g/mol. The van der Waals surface area contributed by atoms with Crippen molar-refractivity contribution in [1.82, 2.24) is 4.90 Å². The number of hydrogen-bond acceptors (Lipinski definition) is 6. The molecule has 0 fully saturated rings. The number of aliphatic hydroxyl groups excluding tert-OH is 1. The smallest absolute Gasteiger partial charge is 0.0701 e. The molecule has 20 heavy (non-hydrogen) atoms. The second kappa shape index (κ2) is 16.8. The van der Waals surface area contributed by atoms with Gasteiger partial charge in [-0.25, -0.2) is 0 Å². The second-order valence-corrected chi connectivity index (χ2v) is 4.18. The van der Waals surface area contributed by atoms with E-state index >= 15 is 0 Å². The molecule has 0 aliphatic rings. The van der Waals surface area contributed by atoms with Crippen molar-refractivity contribution < 1.29 is 24.1 Å². The van der Waals surface area contributed by atoms with Crippen LogP contribution in [0.15, 0.2) is 0 Å². The van der Waals surface area contributed by atoms with E-state index in [9.17, 15) is 0 Å². The molecule has 122 valence electrons. The van der Waals surface area contributed by atoms with Crippen molar-refractivity contribution in [3.63, 3.8) is 0 Å². The fourth-order valence-corrected chi connectivity index (χ4v) is 1.59. The van der Waals surface area contributed by atoms with Crippen LogP contribution in [0.1, 0.15) is 13.8 Å². The number of ether oxygens (including phenoxy) is 4. The Kier molecular flexibility index (Phi) is 16.6. The minimum Gasteiger partial charge on any atom is -0.395 e. The van der Waals surface area contributed by atoms with Crippen molar-refractivity contribution in [3.05, 3.63) is 0 Å². The largest absolute Gasteiger partial charge is 0.395 e. The summed E-state index contributed by atoms with van der Waals surface area (Å²) in [5, 5.41) is 9.02. The van der Waals surface area contributed by atoms with Gasteiger partial charge in [0.15, 0.2) is 0 Å². The summed E-state index contributed by atoms with van der Waals surface area (Å²) in [6.07, 6.45) is 0. The molecule has 0 bridgehead atoms. The highest BCUT2D eigenvalue weighted by molar-refractivity contribution is 4.56. The van der Waals surface area contributed by atoms with Crippen LogP contribution in [0.2, 0.25) is 0 Å². The molecule has 0 saturated carbocycles. The molecule has 0 rings (SSSR count). The molecule has 0 atom stereocenters. The normalized spacial score (nSPS) is 11.4. The third-order valence-electron chi connectivity index (χ3n) is 2.67. The van der Waals surface area contributed by atoms with E-state index in [0.29, 0.717) is 46.2 Å². The molecule has 0 unspecified atom stereocenters. The van der Waals surface area contributed by atoms with Crippen LogP contribution in [-0.4, -0.2) is 89.1 Å². The number of aliphatic hydroxyl groups is 1. The van der Waals surface area contributed by atoms with Gasteiger partial charge in [-0.3, -0.25) is 4.90 Å². The summed E-state index contributed by atoms with van der Waals surface area (Å²) >= 11 is 0. The van der Waals surface area contributed by atoms with Gasteiger partial charge in [0.1, 0.15) is 0 Å². The molecular formula is C14H31NO5. The van der Waals surface area contributed by atoms with Crippen LogP contribution in [0.5, 0.6) is 0 Å². The topological polar surface area (TPSA) is 60.4 Å². The van der Waals surface area contributed by atoms with Crippen molar-refractivity contribution in [1.29, 1.82) is 0 Å². The molecule has 0 aliphatic heterocycles. The summed E-state index contributed by atoms with van der Waals surface area (Å²) in [5.74, 6) is 0. The molecular weight excluding hydrogens is 262 g/mol. The molecule has 0 radical (unpaired) electrons. The van der Waals surface area contributed by atoms with Gasteiger partial charge in [0, 0.05) is 32.8 Å². The lowest BCUT2D eigenvalue weighted by Gasteiger charge is -2.21. The van der Waals surface area contributed by atoms with Gasteiger partial charge < -0.3 is 24.1 Å². The zero-order chi connectivity index (χ0) is 14.9. The summed E-state index contributed by atoms with van der Waals surface area (Å²) in [6, 6.07) is 0. The maximum atomic E-state index is 9.02. The first-order valence-corrected chi connectivity index (χ1v) is 7.49. The van der Waals surface area contributed by atoms with Crippen molar-refractivity contribution in [2.45, 2.75) is 13.8 Å². The number of rotatable bonds is 16. The summed E-state index contributed by atoms with van der Waals surface area (Å²) < 4.78 is 21.3. The van der Waals surface area contributed by atoms with Crippen LogP contribution in [0.4, 0.5) is 0 Å². The molecule has 0 amide bonds. The third kappa shape index (κ3) is 14.2. The minimum absolute atomic E-state index is 0.151. The van der Waals surface area contributed by atoms with Gasteiger partial charge in [-0.05, 0) is 13.8 Å². The predicted octanol–water partition coefficient (Wildman–Crippen LogP) is 0.387. The first kappa shape index (κ1) is 19.8. The zero-order valence-electron chi connectivity index (χ0n) is 13.0. The maximum Gasteiger partial charge on any atom is 0.0701 e. The Hall–Kier alpha value is -0.240. The molecule has 0 aromatic carbocycles. The highest BCUT2D eigenvalue weighted by atomic mass is 16.5. The van der Waals surface area contributed by atoms with Gasteiger partial charge in [0.2, 0.25) is 0 Å². The lowest BCUT2D eigenvalue weighted by Crippen LogP contribution is -2.34. The Morgan fingerprint density at radius 2 is 1.10 bits per heavy atom. The lowest BCUT2D eigenvalue weighted by molar-refractivity contribution is 0.0243. The van der Waals surface area contributed by atoms with Crippen LogP contribution in [0.25, 0.3) is 0 Å². The number of hydrogen-bond donors (Lipinski definition) is 1. The molecule has 0 spiro atoms. The van der Waals surface area contributed by atoms with Crippen LogP contribution >= 0.6 is 0 Å². The Morgan fingerprint density at radius 3 is 1.50 bits per heavy atom. The average Bonchev–Trinajstić information content (AvgIpc) is 2.46. The molecule has 0 saturated heterocycles. The van der Waals surface area contributed by atoms with Crippen LogP contribution in [0.3, 0.4) is 0 Å². The Labute approximate surface area is 122 Å². The highest BCUT2D eigenvalue weighted by Gasteiger charge is 2.04. The van der Waals surface area contributed by atoms with Crippen LogP contribution < -0.4 is 0 Å². The fourth-order valence-electron chi connectivity index (χ4n) is 1.59. The van der Waals surface area contributed by atoms with Crippen molar-refractivity contribution in [3.8, 4) is 0 Å². The van der Waals surface area contributed by atoms with E-state index in [4.69, 9.17) is 24.1 Å². The van der Waals surface area contributed by atoms with Crippen molar-refractivity contribution in [2.24, 2.45) is 0 Å². The standard InChI is InChI=1S/C14H31NO5/c1-3-17-11-13-19-9-6-15(5-8-16)7-10-20-14-12-18-4-2/h16H,3-14H2,1-2H3. The first-order valence-electron chi connectivity index (χ1n) is 7.49. The van der Waals surface area contributed by atoms with E-state index < -0.39 is 0 Å². The summed E-state index contributed by atoms with van der Waals surface area (Å²) in [7, 11) is 0. The van der Waals surface area contributed by atoms with Crippen LogP contribution in [-0.2, 0) is 18.9 Å². The molecule has 0 aromatic rings. The average molecular weight is 293 g/mol. The van der Waals surface area contributed by atoms with Gasteiger partial charge >= 0.3 is 0 Å². The van der Waals surface area contributed by atoms with Crippen molar-refractivity contribution >= 4 is 0 Å². The summed E-state index contributed by atoms with van der Waals surface area (Å²) in [5.41, 5.74) is 0. The first-order chi connectivity index (χ1) is 9.85. The fraction of sp³-hybridized carbons (Fsp3) is 1.00.